The molecule has 0 bridgehead atoms. The van der Waals surface area contributed by atoms with Crippen LogP contribution in [-0.4, -0.2) is 10.9 Å². The summed E-state index contributed by atoms with van der Waals surface area (Å²) in [5.74, 6) is -1.03. The summed E-state index contributed by atoms with van der Waals surface area (Å²) in [5.41, 5.74) is 1.30. The molecular formula is C21H17F3N2OS. The number of hydrogen-bond donors (Lipinski definition) is 1. The fourth-order valence-corrected chi connectivity index (χ4v) is 4.14. The molecule has 1 aliphatic rings. The Kier molecular flexibility index (Phi) is 4.93. The fourth-order valence-electron chi connectivity index (χ4n) is 3.32. The molecule has 1 aliphatic carbocycles. The molecule has 2 unspecified atom stereocenters. The molecule has 3 aromatic rings. The maximum Gasteiger partial charge on any atom is 0.416 e. The Morgan fingerprint density at radius 2 is 1.82 bits per heavy atom. The molecule has 144 valence electrons. The SMILES string of the molecule is O=C(NCc1csc(-c2ccccc2)n1)C1CC1c1ccccc1C(F)(F)F. The maximum atomic E-state index is 13.2. The molecule has 0 aliphatic heterocycles. The minimum atomic E-state index is -4.41. The van der Waals surface area contributed by atoms with E-state index in [4.69, 9.17) is 0 Å². The van der Waals surface area contributed by atoms with E-state index in [1.54, 1.807) is 6.07 Å². The van der Waals surface area contributed by atoms with Crippen molar-refractivity contribution in [2.24, 2.45) is 5.92 Å². The van der Waals surface area contributed by atoms with E-state index in [1.807, 2.05) is 35.7 Å². The molecular weight excluding hydrogens is 385 g/mol. The van der Waals surface area contributed by atoms with Crippen molar-refractivity contribution in [3.8, 4) is 10.6 Å². The van der Waals surface area contributed by atoms with Crippen LogP contribution in [0.15, 0.2) is 60.0 Å². The van der Waals surface area contributed by atoms with Crippen LogP contribution in [0.25, 0.3) is 10.6 Å². The van der Waals surface area contributed by atoms with Gasteiger partial charge in [0.2, 0.25) is 5.91 Å². The summed E-state index contributed by atoms with van der Waals surface area (Å²) in [6.45, 7) is 0.270. The summed E-state index contributed by atoms with van der Waals surface area (Å²) in [6, 6.07) is 15.2. The Labute approximate surface area is 164 Å². The maximum absolute atomic E-state index is 13.2. The van der Waals surface area contributed by atoms with Gasteiger partial charge in [0.25, 0.3) is 0 Å². The Hall–Kier alpha value is -2.67. The van der Waals surface area contributed by atoms with Crippen molar-refractivity contribution in [1.29, 1.82) is 0 Å². The van der Waals surface area contributed by atoms with E-state index in [1.165, 1.54) is 23.5 Å². The molecule has 1 saturated carbocycles. The number of aromatic nitrogens is 1. The molecule has 7 heteroatoms. The van der Waals surface area contributed by atoms with Crippen LogP contribution in [0.4, 0.5) is 13.2 Å². The third-order valence-corrected chi connectivity index (χ3v) is 5.75. The number of carbonyl (C=O) groups is 1. The summed E-state index contributed by atoms with van der Waals surface area (Å²) in [5, 5.41) is 5.56. The second-order valence-electron chi connectivity index (χ2n) is 6.76. The normalized spacial score (nSPS) is 18.7. The van der Waals surface area contributed by atoms with Crippen LogP contribution in [0.5, 0.6) is 0 Å². The first-order valence-corrected chi connectivity index (χ1v) is 9.75. The van der Waals surface area contributed by atoms with Crippen molar-refractivity contribution >= 4 is 17.2 Å². The number of hydrogen-bond acceptors (Lipinski definition) is 3. The van der Waals surface area contributed by atoms with E-state index in [0.717, 1.165) is 22.3 Å². The van der Waals surface area contributed by atoms with Crippen molar-refractivity contribution in [1.82, 2.24) is 10.3 Å². The quantitative estimate of drug-likeness (QED) is 0.633. The van der Waals surface area contributed by atoms with Crippen LogP contribution in [-0.2, 0) is 17.5 Å². The molecule has 1 aromatic heterocycles. The Balaban J connectivity index is 1.37. The number of halogens is 3. The molecule has 3 nitrogen and oxygen atoms in total. The van der Waals surface area contributed by atoms with E-state index in [2.05, 4.69) is 10.3 Å². The number of carbonyl (C=O) groups excluding carboxylic acids is 1. The predicted molar refractivity (Wildman–Crippen MR) is 102 cm³/mol. The van der Waals surface area contributed by atoms with Gasteiger partial charge in [-0.2, -0.15) is 13.2 Å². The second kappa shape index (κ2) is 7.39. The van der Waals surface area contributed by atoms with Crippen molar-refractivity contribution in [3.05, 3.63) is 76.8 Å². The van der Waals surface area contributed by atoms with Crippen LogP contribution in [0.2, 0.25) is 0 Å². The van der Waals surface area contributed by atoms with Gasteiger partial charge in [-0.25, -0.2) is 4.98 Å². The van der Waals surface area contributed by atoms with Gasteiger partial charge in [-0.15, -0.1) is 11.3 Å². The highest BCUT2D eigenvalue weighted by Crippen LogP contribution is 2.51. The number of rotatable bonds is 5. The largest absolute Gasteiger partial charge is 0.416 e. The molecule has 1 N–H and O–H groups in total. The highest BCUT2D eigenvalue weighted by molar-refractivity contribution is 7.13. The smallest absolute Gasteiger partial charge is 0.350 e. The minimum absolute atomic E-state index is 0.204. The Morgan fingerprint density at radius 1 is 1.11 bits per heavy atom. The standard InChI is InChI=1S/C21H17F3N2OS/c22-21(23,24)18-9-5-4-8-15(18)16-10-17(16)19(27)25-11-14-12-28-20(26-14)13-6-2-1-3-7-13/h1-9,12,16-17H,10-11H2,(H,25,27). The summed E-state index contributed by atoms with van der Waals surface area (Å²) in [4.78, 5) is 16.9. The average molecular weight is 402 g/mol. The van der Waals surface area contributed by atoms with Gasteiger partial charge in [-0.1, -0.05) is 48.5 Å². The molecule has 28 heavy (non-hydrogen) atoms. The van der Waals surface area contributed by atoms with Gasteiger partial charge in [0, 0.05) is 16.9 Å². The molecule has 1 fully saturated rings. The monoisotopic (exact) mass is 402 g/mol. The van der Waals surface area contributed by atoms with Gasteiger partial charge in [0.05, 0.1) is 17.8 Å². The Bertz CT molecular complexity index is 985. The van der Waals surface area contributed by atoms with Crippen molar-refractivity contribution in [2.45, 2.75) is 25.1 Å². The first-order chi connectivity index (χ1) is 13.4. The molecule has 2 atom stereocenters. The number of benzene rings is 2. The van der Waals surface area contributed by atoms with Crippen LogP contribution in [0.1, 0.15) is 29.2 Å². The summed E-state index contributed by atoms with van der Waals surface area (Å²) in [7, 11) is 0. The number of thiazole rings is 1. The zero-order valence-corrected chi connectivity index (χ0v) is 15.6. The lowest BCUT2D eigenvalue weighted by Crippen LogP contribution is -2.25. The fraction of sp³-hybridized carbons (Fsp3) is 0.238. The molecule has 1 amide bonds. The topological polar surface area (TPSA) is 42.0 Å². The van der Waals surface area contributed by atoms with Crippen molar-refractivity contribution in [2.75, 3.05) is 0 Å². The Morgan fingerprint density at radius 3 is 2.57 bits per heavy atom. The zero-order chi connectivity index (χ0) is 19.7. The summed E-state index contributed by atoms with van der Waals surface area (Å²) < 4.78 is 39.5. The predicted octanol–water partition coefficient (Wildman–Crippen LogP) is 5.25. The van der Waals surface area contributed by atoms with Crippen molar-refractivity contribution in [3.63, 3.8) is 0 Å². The van der Waals surface area contributed by atoms with E-state index < -0.39 is 17.7 Å². The molecule has 0 spiro atoms. The number of amides is 1. The van der Waals surface area contributed by atoms with Gasteiger partial charge >= 0.3 is 6.18 Å². The second-order valence-corrected chi connectivity index (χ2v) is 7.62. The van der Waals surface area contributed by atoms with Crippen LogP contribution >= 0.6 is 11.3 Å². The van der Waals surface area contributed by atoms with E-state index in [0.29, 0.717) is 6.42 Å². The van der Waals surface area contributed by atoms with E-state index in [9.17, 15) is 18.0 Å². The highest BCUT2D eigenvalue weighted by atomic mass is 32.1. The number of nitrogens with one attached hydrogen (secondary N) is 1. The van der Waals surface area contributed by atoms with Gasteiger partial charge in [0.15, 0.2) is 0 Å². The molecule has 4 rings (SSSR count). The molecule has 0 radical (unpaired) electrons. The first-order valence-electron chi connectivity index (χ1n) is 8.87. The van der Waals surface area contributed by atoms with Crippen LogP contribution < -0.4 is 5.32 Å². The van der Waals surface area contributed by atoms with Crippen molar-refractivity contribution < 1.29 is 18.0 Å². The molecule has 1 heterocycles. The molecule has 0 saturated heterocycles. The van der Waals surface area contributed by atoms with Gasteiger partial charge in [-0.3, -0.25) is 4.79 Å². The highest BCUT2D eigenvalue weighted by Gasteiger charge is 2.47. The third kappa shape index (κ3) is 3.94. The zero-order valence-electron chi connectivity index (χ0n) is 14.7. The summed E-state index contributed by atoms with van der Waals surface area (Å²) >= 11 is 1.49. The lowest BCUT2D eigenvalue weighted by Gasteiger charge is -2.12. The average Bonchev–Trinajstić information content (AvgIpc) is 3.36. The molecule has 2 aromatic carbocycles. The van der Waals surface area contributed by atoms with Gasteiger partial charge in [-0.05, 0) is 24.0 Å². The summed E-state index contributed by atoms with van der Waals surface area (Å²) in [6.07, 6.45) is -3.97. The van der Waals surface area contributed by atoms with Gasteiger partial charge in [0.1, 0.15) is 5.01 Å². The van der Waals surface area contributed by atoms with E-state index >= 15 is 0 Å². The van der Waals surface area contributed by atoms with Crippen LogP contribution in [0, 0.1) is 5.92 Å². The third-order valence-electron chi connectivity index (χ3n) is 4.81. The minimum Gasteiger partial charge on any atom is -0.350 e. The number of alkyl halides is 3. The van der Waals surface area contributed by atoms with Crippen LogP contribution in [0.3, 0.4) is 0 Å². The first kappa shape index (κ1) is 18.7. The lowest BCUT2D eigenvalue weighted by molar-refractivity contribution is -0.138. The van der Waals surface area contributed by atoms with E-state index in [-0.39, 0.29) is 23.9 Å². The van der Waals surface area contributed by atoms with Gasteiger partial charge < -0.3 is 5.32 Å². The lowest BCUT2D eigenvalue weighted by atomic mass is 10.0. The number of nitrogens with zero attached hydrogens (tertiary/aromatic N) is 1.